The van der Waals surface area contributed by atoms with E-state index in [1.54, 1.807) is 18.1 Å². The van der Waals surface area contributed by atoms with Gasteiger partial charge >= 0.3 is 0 Å². The number of anilines is 5. The number of carbonyl (C=O) groups excluding carboxylic acids is 2. The number of hydrogen-bond donors (Lipinski definition) is 2. The van der Waals surface area contributed by atoms with Gasteiger partial charge in [-0.1, -0.05) is 6.07 Å². The van der Waals surface area contributed by atoms with Crippen LogP contribution in [0.1, 0.15) is 12.1 Å². The molecule has 0 aliphatic carbocycles. The highest BCUT2D eigenvalue weighted by molar-refractivity contribution is 6.03. The Morgan fingerprint density at radius 3 is 2.57 bits per heavy atom. The molecule has 0 bridgehead atoms. The van der Waals surface area contributed by atoms with Crippen LogP contribution in [0, 0.1) is 12.8 Å². The number of morpholine rings is 1. The molecule has 2 aliphatic heterocycles. The van der Waals surface area contributed by atoms with Gasteiger partial charge in [-0.15, -0.1) is 0 Å². The van der Waals surface area contributed by atoms with Crippen molar-refractivity contribution in [2.24, 2.45) is 5.92 Å². The minimum absolute atomic E-state index is 0.0791. The first-order valence-corrected chi connectivity index (χ1v) is 12.3. The molecular formula is C27H30N6O4. The van der Waals surface area contributed by atoms with Gasteiger partial charge in [0.1, 0.15) is 11.6 Å². The van der Waals surface area contributed by atoms with Crippen LogP contribution in [-0.4, -0.2) is 61.7 Å². The van der Waals surface area contributed by atoms with Crippen molar-refractivity contribution in [2.75, 3.05) is 60.4 Å². The number of aryl methyl sites for hydroxylation is 1. The van der Waals surface area contributed by atoms with Gasteiger partial charge in [0.25, 0.3) is 0 Å². The van der Waals surface area contributed by atoms with E-state index in [0.717, 1.165) is 30.2 Å². The lowest BCUT2D eigenvalue weighted by molar-refractivity contribution is -0.122. The third-order valence-electron chi connectivity index (χ3n) is 6.42. The highest BCUT2D eigenvalue weighted by Crippen LogP contribution is 2.29. The zero-order valence-corrected chi connectivity index (χ0v) is 20.9. The number of aromatic nitrogens is 2. The molecular weight excluding hydrogens is 472 g/mol. The molecule has 192 valence electrons. The molecule has 1 unspecified atom stereocenters. The summed E-state index contributed by atoms with van der Waals surface area (Å²) in [5.74, 6) is 1.36. The van der Waals surface area contributed by atoms with Crippen LogP contribution in [0.5, 0.6) is 5.75 Å². The second-order valence-electron chi connectivity index (χ2n) is 9.09. The number of benzene rings is 2. The van der Waals surface area contributed by atoms with Crippen LogP contribution >= 0.6 is 0 Å². The minimum Gasteiger partial charge on any atom is -0.497 e. The van der Waals surface area contributed by atoms with Crippen molar-refractivity contribution in [3.63, 3.8) is 0 Å². The molecule has 3 aromatic rings. The zero-order valence-electron chi connectivity index (χ0n) is 20.9. The number of methoxy groups -OCH3 is 1. The largest absolute Gasteiger partial charge is 0.497 e. The monoisotopic (exact) mass is 502 g/mol. The fourth-order valence-electron chi connectivity index (χ4n) is 4.46. The summed E-state index contributed by atoms with van der Waals surface area (Å²) in [5, 5.41) is 6.25. The molecule has 0 saturated carbocycles. The van der Waals surface area contributed by atoms with Gasteiger partial charge < -0.3 is 29.9 Å². The molecule has 2 aromatic carbocycles. The van der Waals surface area contributed by atoms with Crippen molar-refractivity contribution < 1.29 is 19.1 Å². The van der Waals surface area contributed by atoms with Gasteiger partial charge in [-0.05, 0) is 43.3 Å². The molecule has 2 N–H and O–H groups in total. The van der Waals surface area contributed by atoms with Crippen molar-refractivity contribution in [3.8, 4) is 5.75 Å². The van der Waals surface area contributed by atoms with Crippen molar-refractivity contribution in [3.05, 3.63) is 60.3 Å². The fraction of sp³-hybridized carbons (Fsp3) is 0.333. The molecule has 37 heavy (non-hydrogen) atoms. The second-order valence-corrected chi connectivity index (χ2v) is 9.09. The molecule has 5 rings (SSSR count). The Morgan fingerprint density at radius 2 is 1.81 bits per heavy atom. The first kappa shape index (κ1) is 24.5. The molecule has 10 nitrogen and oxygen atoms in total. The van der Waals surface area contributed by atoms with Crippen LogP contribution < -0.4 is 25.2 Å². The summed E-state index contributed by atoms with van der Waals surface area (Å²) >= 11 is 0. The zero-order chi connectivity index (χ0) is 25.8. The molecule has 10 heteroatoms. The second kappa shape index (κ2) is 10.8. The van der Waals surface area contributed by atoms with Crippen LogP contribution in [0.25, 0.3) is 0 Å². The van der Waals surface area contributed by atoms with E-state index in [2.05, 4.69) is 25.5 Å². The van der Waals surface area contributed by atoms with E-state index in [-0.39, 0.29) is 18.2 Å². The van der Waals surface area contributed by atoms with Crippen molar-refractivity contribution in [1.82, 2.24) is 9.97 Å². The van der Waals surface area contributed by atoms with Gasteiger partial charge in [0.15, 0.2) is 0 Å². The predicted octanol–water partition coefficient (Wildman–Crippen LogP) is 3.37. The number of amides is 2. The molecule has 2 aliphatic rings. The maximum absolute atomic E-state index is 12.9. The minimum atomic E-state index is -0.431. The van der Waals surface area contributed by atoms with E-state index < -0.39 is 5.92 Å². The third kappa shape index (κ3) is 5.80. The first-order valence-electron chi connectivity index (χ1n) is 12.3. The highest BCUT2D eigenvalue weighted by atomic mass is 16.5. The summed E-state index contributed by atoms with van der Waals surface area (Å²) in [7, 11) is 1.58. The van der Waals surface area contributed by atoms with Crippen LogP contribution in [0.3, 0.4) is 0 Å². The number of hydrogen-bond acceptors (Lipinski definition) is 8. The van der Waals surface area contributed by atoms with Gasteiger partial charge in [-0.2, -0.15) is 4.98 Å². The molecule has 3 heterocycles. The Labute approximate surface area is 215 Å². The maximum Gasteiger partial charge on any atom is 0.229 e. The van der Waals surface area contributed by atoms with Gasteiger partial charge in [0, 0.05) is 60.9 Å². The Bertz CT molecular complexity index is 1280. The fourth-order valence-corrected chi connectivity index (χ4v) is 4.46. The highest BCUT2D eigenvalue weighted by Gasteiger charge is 2.35. The Morgan fingerprint density at radius 1 is 1.05 bits per heavy atom. The lowest BCUT2D eigenvalue weighted by Crippen LogP contribution is -2.37. The van der Waals surface area contributed by atoms with Gasteiger partial charge in [-0.3, -0.25) is 9.59 Å². The maximum atomic E-state index is 12.9. The topological polar surface area (TPSA) is 109 Å². The number of rotatable bonds is 7. The van der Waals surface area contributed by atoms with E-state index in [0.29, 0.717) is 43.0 Å². The summed E-state index contributed by atoms with van der Waals surface area (Å²) in [6.45, 7) is 5.14. The van der Waals surface area contributed by atoms with Crippen LogP contribution in [0.4, 0.5) is 28.8 Å². The Balaban J connectivity index is 1.20. The van der Waals surface area contributed by atoms with Gasteiger partial charge in [0.2, 0.25) is 17.8 Å². The van der Waals surface area contributed by atoms with E-state index >= 15 is 0 Å². The normalized spacial score (nSPS) is 17.6. The van der Waals surface area contributed by atoms with Crippen molar-refractivity contribution in [2.45, 2.75) is 13.3 Å². The van der Waals surface area contributed by atoms with Crippen molar-refractivity contribution in [1.29, 1.82) is 0 Å². The van der Waals surface area contributed by atoms with Crippen LogP contribution in [-0.2, 0) is 14.3 Å². The average molecular weight is 503 g/mol. The summed E-state index contributed by atoms with van der Waals surface area (Å²) in [5.41, 5.74) is 3.10. The molecule has 2 saturated heterocycles. The quantitative estimate of drug-likeness (QED) is 0.506. The first-order chi connectivity index (χ1) is 18.0. The van der Waals surface area contributed by atoms with Gasteiger partial charge in [-0.25, -0.2) is 4.98 Å². The van der Waals surface area contributed by atoms with E-state index in [9.17, 15) is 9.59 Å². The third-order valence-corrected chi connectivity index (χ3v) is 6.42. The van der Waals surface area contributed by atoms with E-state index in [1.165, 1.54) is 0 Å². The lowest BCUT2D eigenvalue weighted by atomic mass is 10.1. The van der Waals surface area contributed by atoms with Gasteiger partial charge in [0.05, 0.1) is 26.2 Å². The summed E-state index contributed by atoms with van der Waals surface area (Å²) in [6, 6.07) is 16.6. The molecule has 1 aromatic heterocycles. The Hall–Kier alpha value is -4.18. The summed E-state index contributed by atoms with van der Waals surface area (Å²) in [4.78, 5) is 38.5. The predicted molar refractivity (Wildman–Crippen MR) is 142 cm³/mol. The lowest BCUT2D eigenvalue weighted by Gasteiger charge is -2.27. The standard InChI is InChI=1S/C27H30N6O4/c1-18-14-24(31-27(28-18)32-10-12-37-13-11-32)29-20-6-8-21(9-7-20)30-26(35)19-15-25(34)33(17-19)22-4-3-5-23(16-22)36-2/h3-9,14,16,19H,10-13,15,17H2,1-2H3,(H,30,35)(H,28,29,31). The number of nitrogens with zero attached hydrogens (tertiary/aromatic N) is 4. The van der Waals surface area contributed by atoms with E-state index in [1.807, 2.05) is 55.5 Å². The summed E-state index contributed by atoms with van der Waals surface area (Å²) < 4.78 is 10.7. The molecule has 1 atom stereocenters. The number of nitrogens with one attached hydrogen (secondary N) is 2. The average Bonchev–Trinajstić information content (AvgIpc) is 3.32. The molecule has 0 spiro atoms. The SMILES string of the molecule is COc1cccc(N2CC(C(=O)Nc3ccc(Nc4cc(C)nc(N5CCOCC5)n4)cc3)CC2=O)c1. The molecule has 2 amide bonds. The van der Waals surface area contributed by atoms with Crippen LogP contribution in [0.2, 0.25) is 0 Å². The van der Waals surface area contributed by atoms with Crippen LogP contribution in [0.15, 0.2) is 54.6 Å². The molecule has 2 fully saturated rings. The summed E-state index contributed by atoms with van der Waals surface area (Å²) in [6.07, 6.45) is 0.168. The Kier molecular flexibility index (Phi) is 7.18. The number of carbonyl (C=O) groups is 2. The van der Waals surface area contributed by atoms with E-state index in [4.69, 9.17) is 9.47 Å². The molecule has 0 radical (unpaired) electrons. The van der Waals surface area contributed by atoms with Crippen molar-refractivity contribution >= 4 is 40.6 Å². The smallest absolute Gasteiger partial charge is 0.229 e. The number of ether oxygens (including phenoxy) is 2.